The van der Waals surface area contributed by atoms with E-state index in [2.05, 4.69) is 15.0 Å². The lowest BCUT2D eigenvalue weighted by Gasteiger charge is -2.12. The van der Waals surface area contributed by atoms with Crippen LogP contribution in [0.1, 0.15) is 32.9 Å². The van der Waals surface area contributed by atoms with Gasteiger partial charge in [-0.15, -0.1) is 0 Å². The summed E-state index contributed by atoms with van der Waals surface area (Å²) in [7, 11) is -1.87. The van der Waals surface area contributed by atoms with E-state index in [1.165, 1.54) is 6.20 Å². The van der Waals surface area contributed by atoms with Crippen molar-refractivity contribution in [3.05, 3.63) is 18.0 Å². The van der Waals surface area contributed by atoms with E-state index >= 15 is 0 Å². The third kappa shape index (κ3) is 5.62. The Labute approximate surface area is 121 Å². The van der Waals surface area contributed by atoms with Crippen LogP contribution in [0, 0.1) is 0 Å². The molecule has 0 saturated heterocycles. The lowest BCUT2D eigenvalue weighted by atomic mass is 10.3. The number of hydrogen-bond donors (Lipinski definition) is 3. The summed E-state index contributed by atoms with van der Waals surface area (Å²) in [6.07, 6.45) is 2.16. The predicted octanol–water partition coefficient (Wildman–Crippen LogP) is 1.22. The number of ether oxygens (including phenoxy) is 1. The number of sulfonamides is 1. The Balaban J connectivity index is 2.63. The van der Waals surface area contributed by atoms with Gasteiger partial charge in [-0.3, -0.25) is 0 Å². The van der Waals surface area contributed by atoms with Gasteiger partial charge >= 0.3 is 0 Å². The largest absolute Gasteiger partial charge is 0.385 e. The molecule has 0 amide bonds. The van der Waals surface area contributed by atoms with Crippen LogP contribution in [0.4, 0.5) is 0 Å². The molecule has 1 aromatic heterocycles. The highest BCUT2D eigenvalue weighted by molar-refractivity contribution is 7.89. The Bertz CT molecular complexity index is 497. The maximum Gasteiger partial charge on any atom is 0.242 e. The monoisotopic (exact) mass is 303 g/mol. The molecule has 1 atom stereocenters. The van der Waals surface area contributed by atoms with E-state index in [1.54, 1.807) is 13.2 Å². The van der Waals surface area contributed by atoms with Gasteiger partial charge in [-0.2, -0.15) is 0 Å². The molecular weight excluding hydrogens is 278 g/mol. The zero-order chi connectivity index (χ0) is 15.2. The van der Waals surface area contributed by atoms with Crippen molar-refractivity contribution in [1.82, 2.24) is 15.0 Å². The van der Waals surface area contributed by atoms with Gasteiger partial charge in [-0.05, 0) is 19.4 Å². The summed E-state index contributed by atoms with van der Waals surface area (Å²) >= 11 is 0. The molecule has 7 heteroatoms. The van der Waals surface area contributed by atoms with E-state index in [4.69, 9.17) is 4.74 Å². The zero-order valence-corrected chi connectivity index (χ0v) is 13.4. The molecule has 0 bridgehead atoms. The second kappa shape index (κ2) is 7.78. The van der Waals surface area contributed by atoms with Crippen molar-refractivity contribution in [3.63, 3.8) is 0 Å². The molecule has 116 valence electrons. The summed E-state index contributed by atoms with van der Waals surface area (Å²) < 4.78 is 31.9. The summed E-state index contributed by atoms with van der Waals surface area (Å²) in [5.74, 6) is 0. The summed E-state index contributed by atoms with van der Waals surface area (Å²) in [6, 6.07) is 1.85. The molecule has 0 saturated carbocycles. The molecule has 0 fully saturated rings. The SMILES string of the molecule is COCCC(C)NS(=O)(=O)c1c[nH]c(CNC(C)C)c1. The van der Waals surface area contributed by atoms with E-state index in [9.17, 15) is 8.42 Å². The molecule has 1 heterocycles. The minimum atomic E-state index is -3.47. The van der Waals surface area contributed by atoms with Crippen molar-refractivity contribution in [2.75, 3.05) is 13.7 Å². The van der Waals surface area contributed by atoms with Gasteiger partial charge in [-0.1, -0.05) is 13.8 Å². The molecule has 6 nitrogen and oxygen atoms in total. The molecule has 1 aromatic rings. The third-order valence-corrected chi connectivity index (χ3v) is 4.41. The molecule has 0 aromatic carbocycles. The normalized spacial score (nSPS) is 13.8. The molecule has 1 rings (SSSR count). The van der Waals surface area contributed by atoms with Gasteiger partial charge in [0.15, 0.2) is 0 Å². The van der Waals surface area contributed by atoms with Gasteiger partial charge in [0.1, 0.15) is 0 Å². The summed E-state index contributed by atoms with van der Waals surface area (Å²) in [5, 5.41) is 3.23. The Morgan fingerprint density at radius 2 is 2.05 bits per heavy atom. The highest BCUT2D eigenvalue weighted by Crippen LogP contribution is 2.12. The predicted molar refractivity (Wildman–Crippen MR) is 79.0 cm³/mol. The molecule has 0 spiro atoms. The molecule has 0 radical (unpaired) electrons. The van der Waals surface area contributed by atoms with E-state index in [0.29, 0.717) is 25.6 Å². The van der Waals surface area contributed by atoms with Gasteiger partial charge in [0.05, 0.1) is 4.90 Å². The minimum Gasteiger partial charge on any atom is -0.385 e. The molecular formula is C13H25N3O3S. The lowest BCUT2D eigenvalue weighted by molar-refractivity contribution is 0.188. The van der Waals surface area contributed by atoms with Crippen molar-refractivity contribution in [3.8, 4) is 0 Å². The van der Waals surface area contributed by atoms with Crippen molar-refractivity contribution in [2.24, 2.45) is 0 Å². The molecule has 0 aliphatic rings. The minimum absolute atomic E-state index is 0.160. The van der Waals surface area contributed by atoms with Gasteiger partial charge < -0.3 is 15.0 Å². The van der Waals surface area contributed by atoms with Gasteiger partial charge in [0, 0.05) is 44.2 Å². The van der Waals surface area contributed by atoms with Crippen LogP contribution in [0.15, 0.2) is 17.2 Å². The van der Waals surface area contributed by atoms with E-state index in [1.807, 2.05) is 20.8 Å². The van der Waals surface area contributed by atoms with E-state index in [-0.39, 0.29) is 10.9 Å². The van der Waals surface area contributed by atoms with Crippen LogP contribution in [0.25, 0.3) is 0 Å². The fourth-order valence-corrected chi connectivity index (χ4v) is 2.97. The smallest absolute Gasteiger partial charge is 0.242 e. The molecule has 1 unspecified atom stereocenters. The second-order valence-corrected chi connectivity index (χ2v) is 6.91. The average molecular weight is 303 g/mol. The first-order chi connectivity index (χ1) is 9.35. The zero-order valence-electron chi connectivity index (χ0n) is 12.6. The highest BCUT2D eigenvalue weighted by Gasteiger charge is 2.18. The first-order valence-electron chi connectivity index (χ1n) is 6.77. The molecule has 0 aliphatic heterocycles. The Kier molecular flexibility index (Phi) is 6.67. The number of nitrogens with one attached hydrogen (secondary N) is 3. The third-order valence-electron chi connectivity index (χ3n) is 2.84. The first kappa shape index (κ1) is 17.2. The van der Waals surface area contributed by atoms with Crippen LogP contribution in [0.5, 0.6) is 0 Å². The summed E-state index contributed by atoms with van der Waals surface area (Å²) in [4.78, 5) is 3.24. The average Bonchev–Trinajstić information content (AvgIpc) is 2.83. The van der Waals surface area contributed by atoms with Crippen LogP contribution >= 0.6 is 0 Å². The van der Waals surface area contributed by atoms with Gasteiger partial charge in [0.2, 0.25) is 10.0 Å². The first-order valence-corrected chi connectivity index (χ1v) is 8.25. The van der Waals surface area contributed by atoms with Crippen molar-refractivity contribution < 1.29 is 13.2 Å². The highest BCUT2D eigenvalue weighted by atomic mass is 32.2. The molecule has 20 heavy (non-hydrogen) atoms. The number of H-pyrrole nitrogens is 1. The lowest BCUT2D eigenvalue weighted by Crippen LogP contribution is -2.33. The fraction of sp³-hybridized carbons (Fsp3) is 0.692. The summed E-state index contributed by atoms with van der Waals surface area (Å²) in [5.41, 5.74) is 0.851. The maximum absolute atomic E-state index is 12.2. The Hall–Kier alpha value is -0.890. The van der Waals surface area contributed by atoms with Crippen LogP contribution in [-0.4, -0.2) is 39.2 Å². The maximum atomic E-state index is 12.2. The van der Waals surface area contributed by atoms with Crippen LogP contribution in [0.2, 0.25) is 0 Å². The quantitative estimate of drug-likeness (QED) is 0.640. The Morgan fingerprint density at radius 3 is 2.65 bits per heavy atom. The van der Waals surface area contributed by atoms with Gasteiger partial charge in [0.25, 0.3) is 0 Å². The van der Waals surface area contributed by atoms with Crippen LogP contribution < -0.4 is 10.0 Å². The van der Waals surface area contributed by atoms with Gasteiger partial charge in [-0.25, -0.2) is 13.1 Å². The second-order valence-electron chi connectivity index (χ2n) is 5.20. The van der Waals surface area contributed by atoms with Crippen LogP contribution in [-0.2, 0) is 21.3 Å². The number of aromatic amines is 1. The number of rotatable bonds is 9. The number of methoxy groups -OCH3 is 1. The molecule has 0 aliphatic carbocycles. The van der Waals surface area contributed by atoms with E-state index in [0.717, 1.165) is 5.69 Å². The Morgan fingerprint density at radius 1 is 1.35 bits per heavy atom. The summed E-state index contributed by atoms with van der Waals surface area (Å²) in [6.45, 7) is 7.05. The van der Waals surface area contributed by atoms with E-state index < -0.39 is 10.0 Å². The standard InChI is InChI=1S/C13H25N3O3S/c1-10(2)14-8-12-7-13(9-15-12)20(17,18)16-11(3)5-6-19-4/h7,9-11,14-16H,5-6,8H2,1-4H3. The fourth-order valence-electron chi connectivity index (χ4n) is 1.68. The number of aromatic nitrogens is 1. The van der Waals surface area contributed by atoms with Crippen LogP contribution in [0.3, 0.4) is 0 Å². The van der Waals surface area contributed by atoms with Crippen molar-refractivity contribution >= 4 is 10.0 Å². The molecule has 3 N–H and O–H groups in total. The number of hydrogen-bond acceptors (Lipinski definition) is 4. The van der Waals surface area contributed by atoms with Crippen molar-refractivity contribution in [2.45, 2.75) is 50.7 Å². The topological polar surface area (TPSA) is 83.2 Å². The van der Waals surface area contributed by atoms with Crippen molar-refractivity contribution in [1.29, 1.82) is 0 Å².